The quantitative estimate of drug-likeness (QED) is 0.437. The van der Waals surface area contributed by atoms with E-state index in [9.17, 15) is 8.42 Å². The smallest absolute Gasteiger partial charge is 0.208 e. The third-order valence-electron chi connectivity index (χ3n) is 4.53. The molecule has 6 nitrogen and oxygen atoms in total. The maximum Gasteiger partial charge on any atom is 0.208 e. The van der Waals surface area contributed by atoms with Gasteiger partial charge in [-0.1, -0.05) is 19.3 Å². The van der Waals surface area contributed by atoms with Gasteiger partial charge in [-0.2, -0.15) is 11.8 Å². The van der Waals surface area contributed by atoms with Crippen LogP contribution in [0.15, 0.2) is 4.99 Å². The second-order valence-corrected chi connectivity index (χ2v) is 9.90. The Morgan fingerprint density at radius 2 is 2.00 bits per heavy atom. The number of rotatable bonds is 5. The van der Waals surface area contributed by atoms with E-state index in [4.69, 9.17) is 0 Å². The van der Waals surface area contributed by atoms with Crippen molar-refractivity contribution >= 4 is 27.7 Å². The average molecular weight is 363 g/mol. The van der Waals surface area contributed by atoms with Gasteiger partial charge in [-0.05, 0) is 19.3 Å². The topological polar surface area (TPSA) is 73.8 Å². The Kier molecular flexibility index (Phi) is 7.03. The monoisotopic (exact) mass is 362 g/mol. The molecular weight excluding hydrogens is 332 g/mol. The molecule has 1 spiro atoms. The second kappa shape index (κ2) is 8.58. The van der Waals surface area contributed by atoms with E-state index in [1.165, 1.54) is 38.4 Å². The number of guanidine groups is 1. The van der Waals surface area contributed by atoms with Crippen molar-refractivity contribution in [2.45, 2.75) is 43.3 Å². The number of nitrogens with one attached hydrogen (secondary N) is 2. The molecular formula is C15H30N4O2S2. The predicted molar refractivity (Wildman–Crippen MR) is 98.7 cm³/mol. The highest BCUT2D eigenvalue weighted by atomic mass is 32.2. The SMILES string of the molecule is CN=C(NCCCNS(C)(=O)=O)N1CCSC2(CCCCC2)C1. The van der Waals surface area contributed by atoms with Crippen molar-refractivity contribution in [3.05, 3.63) is 0 Å². The minimum absolute atomic E-state index is 0.423. The molecule has 0 atom stereocenters. The zero-order valence-electron chi connectivity index (χ0n) is 14.3. The van der Waals surface area contributed by atoms with Crippen LogP contribution in [0.4, 0.5) is 0 Å². The molecule has 0 bridgehead atoms. The first-order valence-corrected chi connectivity index (χ1v) is 11.4. The molecule has 1 heterocycles. The summed E-state index contributed by atoms with van der Waals surface area (Å²) in [6.07, 6.45) is 8.66. The van der Waals surface area contributed by atoms with Crippen LogP contribution in [0.3, 0.4) is 0 Å². The maximum absolute atomic E-state index is 11.0. The highest BCUT2D eigenvalue weighted by Crippen LogP contribution is 2.42. The van der Waals surface area contributed by atoms with Crippen molar-refractivity contribution in [2.24, 2.45) is 4.99 Å². The minimum atomic E-state index is -3.09. The molecule has 1 saturated heterocycles. The van der Waals surface area contributed by atoms with Crippen LogP contribution in [0, 0.1) is 0 Å². The van der Waals surface area contributed by atoms with Gasteiger partial charge >= 0.3 is 0 Å². The first kappa shape index (κ1) is 18.9. The Labute approximate surface area is 144 Å². The van der Waals surface area contributed by atoms with Crippen LogP contribution < -0.4 is 10.0 Å². The van der Waals surface area contributed by atoms with Crippen LogP contribution in [-0.2, 0) is 10.0 Å². The lowest BCUT2D eigenvalue weighted by Crippen LogP contribution is -2.53. The third-order valence-corrected chi connectivity index (χ3v) is 6.79. The molecule has 23 heavy (non-hydrogen) atoms. The molecule has 0 radical (unpaired) electrons. The van der Waals surface area contributed by atoms with E-state index in [1.807, 2.05) is 7.05 Å². The fraction of sp³-hybridized carbons (Fsp3) is 0.933. The van der Waals surface area contributed by atoms with E-state index in [0.29, 0.717) is 11.3 Å². The Balaban J connectivity index is 1.78. The van der Waals surface area contributed by atoms with Crippen LogP contribution in [0.1, 0.15) is 38.5 Å². The lowest BCUT2D eigenvalue weighted by molar-refractivity contribution is 0.293. The van der Waals surface area contributed by atoms with Crippen molar-refractivity contribution in [1.29, 1.82) is 0 Å². The van der Waals surface area contributed by atoms with Gasteiger partial charge in [-0.25, -0.2) is 13.1 Å². The molecule has 8 heteroatoms. The summed E-state index contributed by atoms with van der Waals surface area (Å²) in [4.78, 5) is 6.80. The first-order chi connectivity index (χ1) is 10.9. The van der Waals surface area contributed by atoms with Crippen molar-refractivity contribution in [3.63, 3.8) is 0 Å². The summed E-state index contributed by atoms with van der Waals surface area (Å²) in [5.41, 5.74) is 0. The molecule has 0 unspecified atom stereocenters. The molecule has 2 fully saturated rings. The fourth-order valence-electron chi connectivity index (χ4n) is 3.40. The first-order valence-electron chi connectivity index (χ1n) is 8.48. The summed E-state index contributed by atoms with van der Waals surface area (Å²) < 4.78 is 25.0. The Morgan fingerprint density at radius 3 is 2.65 bits per heavy atom. The predicted octanol–water partition coefficient (Wildman–Crippen LogP) is 1.25. The van der Waals surface area contributed by atoms with Crippen molar-refractivity contribution in [3.8, 4) is 0 Å². The van der Waals surface area contributed by atoms with Gasteiger partial charge in [-0.15, -0.1) is 0 Å². The lowest BCUT2D eigenvalue weighted by Gasteiger charge is -2.45. The van der Waals surface area contributed by atoms with Gasteiger partial charge < -0.3 is 10.2 Å². The molecule has 2 rings (SSSR count). The Morgan fingerprint density at radius 1 is 1.26 bits per heavy atom. The molecule has 134 valence electrons. The summed E-state index contributed by atoms with van der Waals surface area (Å²) in [5, 5.41) is 3.38. The van der Waals surface area contributed by atoms with E-state index in [0.717, 1.165) is 37.8 Å². The fourth-order valence-corrected chi connectivity index (χ4v) is 5.49. The molecule has 0 aromatic carbocycles. The van der Waals surface area contributed by atoms with Crippen LogP contribution in [0.5, 0.6) is 0 Å². The number of nitrogens with zero attached hydrogens (tertiary/aromatic N) is 2. The van der Waals surface area contributed by atoms with Crippen LogP contribution in [-0.4, -0.2) is 69.3 Å². The summed E-state index contributed by atoms with van der Waals surface area (Å²) >= 11 is 2.15. The Bertz CT molecular complexity index is 496. The van der Waals surface area contributed by atoms with E-state index in [-0.39, 0.29) is 0 Å². The summed E-state index contributed by atoms with van der Waals surface area (Å²) in [6.45, 7) is 3.31. The molecule has 0 amide bonds. The van der Waals surface area contributed by atoms with Gasteiger partial charge in [0, 0.05) is 43.7 Å². The maximum atomic E-state index is 11.0. The zero-order chi connectivity index (χ0) is 16.8. The van der Waals surface area contributed by atoms with Gasteiger partial charge in [0.1, 0.15) is 0 Å². The van der Waals surface area contributed by atoms with Gasteiger partial charge in [-0.3, -0.25) is 4.99 Å². The molecule has 0 aromatic rings. The van der Waals surface area contributed by atoms with E-state index in [1.54, 1.807) is 0 Å². The molecule has 1 saturated carbocycles. The van der Waals surface area contributed by atoms with Gasteiger partial charge in [0.25, 0.3) is 0 Å². The van der Waals surface area contributed by atoms with Crippen LogP contribution >= 0.6 is 11.8 Å². The van der Waals surface area contributed by atoms with E-state index < -0.39 is 10.0 Å². The van der Waals surface area contributed by atoms with Gasteiger partial charge in [0.15, 0.2) is 5.96 Å². The highest BCUT2D eigenvalue weighted by molar-refractivity contribution is 8.00. The van der Waals surface area contributed by atoms with E-state index in [2.05, 4.69) is 31.7 Å². The van der Waals surface area contributed by atoms with Crippen LogP contribution in [0.2, 0.25) is 0 Å². The number of aliphatic imine (C=N–C) groups is 1. The normalized spacial score (nSPS) is 22.3. The van der Waals surface area contributed by atoms with Crippen LogP contribution in [0.25, 0.3) is 0 Å². The molecule has 0 aromatic heterocycles. The third kappa shape index (κ3) is 6.15. The number of hydrogen-bond acceptors (Lipinski definition) is 4. The zero-order valence-corrected chi connectivity index (χ0v) is 15.9. The molecule has 2 aliphatic rings. The van der Waals surface area contributed by atoms with Crippen molar-refractivity contribution < 1.29 is 8.42 Å². The average Bonchev–Trinajstić information content (AvgIpc) is 2.50. The van der Waals surface area contributed by atoms with Crippen molar-refractivity contribution in [2.75, 3.05) is 45.2 Å². The molecule has 1 aliphatic carbocycles. The second-order valence-electron chi connectivity index (χ2n) is 6.51. The summed E-state index contributed by atoms with van der Waals surface area (Å²) in [5.74, 6) is 2.12. The summed E-state index contributed by atoms with van der Waals surface area (Å²) in [7, 11) is -1.26. The van der Waals surface area contributed by atoms with Gasteiger partial charge in [0.05, 0.1) is 6.26 Å². The number of thioether (sulfide) groups is 1. The standard InChI is InChI=1S/C15H30N4O2S2/c1-16-14(17-9-6-10-18-23(2,20)21)19-11-12-22-15(13-19)7-4-3-5-8-15/h18H,3-13H2,1-2H3,(H,16,17). The summed E-state index contributed by atoms with van der Waals surface area (Å²) in [6, 6.07) is 0. The number of sulfonamides is 1. The van der Waals surface area contributed by atoms with Gasteiger partial charge in [0.2, 0.25) is 10.0 Å². The Hall–Kier alpha value is -0.470. The molecule has 2 N–H and O–H groups in total. The van der Waals surface area contributed by atoms with E-state index >= 15 is 0 Å². The minimum Gasteiger partial charge on any atom is -0.356 e. The lowest BCUT2D eigenvalue weighted by atomic mass is 9.87. The number of hydrogen-bond donors (Lipinski definition) is 2. The van der Waals surface area contributed by atoms with Crippen molar-refractivity contribution in [1.82, 2.24) is 14.9 Å². The molecule has 1 aliphatic heterocycles. The largest absolute Gasteiger partial charge is 0.356 e. The highest BCUT2D eigenvalue weighted by Gasteiger charge is 2.38.